The molecule has 0 radical (unpaired) electrons. The van der Waals surface area contributed by atoms with Gasteiger partial charge >= 0.3 is 6.01 Å². The van der Waals surface area contributed by atoms with Gasteiger partial charge in [-0.25, -0.2) is 8.42 Å². The Morgan fingerprint density at radius 1 is 1.09 bits per heavy atom. The number of hydrogen-bond donors (Lipinski definition) is 2. The summed E-state index contributed by atoms with van der Waals surface area (Å²) >= 11 is 0.952. The number of sulfone groups is 1. The fourth-order valence-corrected chi connectivity index (χ4v) is 3.68. The van der Waals surface area contributed by atoms with E-state index in [2.05, 4.69) is 14.7 Å². The van der Waals surface area contributed by atoms with Crippen LogP contribution in [0.25, 0.3) is 0 Å². The summed E-state index contributed by atoms with van der Waals surface area (Å²) in [5.74, 6) is -1.25. The molecule has 2 aromatic carbocycles. The zero-order chi connectivity index (χ0) is 23.5. The molecule has 3 aromatic rings. The Kier molecular flexibility index (Phi) is 6.67. The zero-order valence-electron chi connectivity index (χ0n) is 17.6. The molecule has 3 rings (SSSR count). The number of benzene rings is 2. The van der Waals surface area contributed by atoms with Crippen molar-refractivity contribution in [3.63, 3.8) is 0 Å². The van der Waals surface area contributed by atoms with Gasteiger partial charge in [0.2, 0.25) is 10.9 Å². The largest absolute Gasteiger partial charge is 0.466 e. The van der Waals surface area contributed by atoms with Crippen LogP contribution in [0.15, 0.2) is 47.4 Å². The molecule has 0 saturated heterocycles. The van der Waals surface area contributed by atoms with Crippen molar-refractivity contribution < 1.29 is 32.5 Å². The molecule has 1 heterocycles. The second-order valence-corrected chi connectivity index (χ2v) is 9.90. The molecule has 0 fully saturated rings. The third kappa shape index (κ3) is 6.39. The number of hydrogen-bond acceptors (Lipinski definition) is 10. The van der Waals surface area contributed by atoms with Crippen molar-refractivity contribution in [2.45, 2.75) is 24.5 Å². The van der Waals surface area contributed by atoms with Crippen LogP contribution in [0.4, 0.5) is 5.13 Å². The van der Waals surface area contributed by atoms with Crippen LogP contribution >= 0.6 is 11.5 Å². The molecular weight excluding hydrogens is 458 g/mol. The number of ether oxygens (including phenoxy) is 3. The first-order valence-electron chi connectivity index (χ1n) is 9.16. The van der Waals surface area contributed by atoms with Gasteiger partial charge in [0.25, 0.3) is 5.91 Å². The maximum atomic E-state index is 12.7. The summed E-state index contributed by atoms with van der Waals surface area (Å²) in [4.78, 5) is 16.9. The van der Waals surface area contributed by atoms with Crippen LogP contribution in [0.3, 0.4) is 0 Å². The Labute approximate surface area is 188 Å². The Hall–Kier alpha value is -3.22. The van der Waals surface area contributed by atoms with Gasteiger partial charge in [0.1, 0.15) is 17.2 Å². The number of nitrogens with one attached hydrogen (secondary N) is 1. The number of anilines is 1. The fourth-order valence-electron chi connectivity index (χ4n) is 2.51. The van der Waals surface area contributed by atoms with Crippen LogP contribution in [0.2, 0.25) is 0 Å². The number of aliphatic hydroxyl groups is 1. The molecule has 0 aliphatic carbocycles. The fraction of sp³-hybridized carbons (Fsp3) is 0.250. The van der Waals surface area contributed by atoms with Crippen LogP contribution in [0.5, 0.6) is 23.3 Å². The normalized spacial score (nSPS) is 11.7. The van der Waals surface area contributed by atoms with E-state index in [9.17, 15) is 18.3 Å². The minimum atomic E-state index is -3.34. The summed E-state index contributed by atoms with van der Waals surface area (Å²) in [6, 6.07) is 10.3. The lowest BCUT2D eigenvalue weighted by Crippen LogP contribution is -2.27. The van der Waals surface area contributed by atoms with Gasteiger partial charge in [0.15, 0.2) is 9.84 Å². The highest BCUT2D eigenvalue weighted by Gasteiger charge is 2.19. The van der Waals surface area contributed by atoms with E-state index in [1.807, 2.05) is 0 Å². The number of rotatable bonds is 8. The number of carbonyl (C=O) groups excluding carboxylic acids is 1. The third-order valence-corrected chi connectivity index (χ3v) is 5.55. The SMILES string of the molecule is COc1nsc(NC(=O)c2cc(Oc3ccc(S(C)(=O)=O)cc3)cc(OC(C)(C)O)c2)n1. The molecule has 10 nitrogen and oxygen atoms in total. The van der Waals surface area contributed by atoms with Crippen LogP contribution in [0.1, 0.15) is 24.2 Å². The average molecular weight is 480 g/mol. The van der Waals surface area contributed by atoms with Gasteiger partial charge in [-0.3, -0.25) is 10.1 Å². The van der Waals surface area contributed by atoms with Gasteiger partial charge in [-0.1, -0.05) is 0 Å². The van der Waals surface area contributed by atoms with Crippen LogP contribution < -0.4 is 19.5 Å². The van der Waals surface area contributed by atoms with Gasteiger partial charge < -0.3 is 19.3 Å². The van der Waals surface area contributed by atoms with Gasteiger partial charge in [0, 0.05) is 43.3 Å². The van der Waals surface area contributed by atoms with Crippen LogP contribution in [-0.2, 0) is 9.84 Å². The van der Waals surface area contributed by atoms with Crippen molar-refractivity contribution in [1.29, 1.82) is 0 Å². The van der Waals surface area contributed by atoms with Gasteiger partial charge in [-0.2, -0.15) is 4.98 Å². The van der Waals surface area contributed by atoms with Crippen LogP contribution in [-0.4, -0.2) is 47.9 Å². The molecular formula is C20H21N3O7S2. The number of methoxy groups -OCH3 is 1. The summed E-state index contributed by atoms with van der Waals surface area (Å²) in [6.45, 7) is 2.88. The maximum absolute atomic E-state index is 12.7. The summed E-state index contributed by atoms with van der Waals surface area (Å²) in [5, 5.41) is 12.8. The van der Waals surface area contributed by atoms with E-state index in [1.54, 1.807) is 0 Å². The lowest BCUT2D eigenvalue weighted by molar-refractivity contribution is -0.104. The zero-order valence-corrected chi connectivity index (χ0v) is 19.3. The minimum absolute atomic E-state index is 0.131. The molecule has 0 aliphatic rings. The first kappa shape index (κ1) is 23.4. The van der Waals surface area contributed by atoms with Gasteiger partial charge in [-0.05, 0) is 36.4 Å². The second kappa shape index (κ2) is 9.10. The highest BCUT2D eigenvalue weighted by Crippen LogP contribution is 2.30. The molecule has 1 aromatic heterocycles. The Balaban J connectivity index is 1.89. The molecule has 0 aliphatic heterocycles. The highest BCUT2D eigenvalue weighted by atomic mass is 32.2. The van der Waals surface area contributed by atoms with Crippen molar-refractivity contribution in [1.82, 2.24) is 9.36 Å². The topological polar surface area (TPSA) is 137 Å². The second-order valence-electron chi connectivity index (χ2n) is 7.13. The standard InChI is InChI=1S/C20H21N3O7S2/c1-20(2,25)30-15-10-12(17(24)21-19-22-18(28-3)23-31-19)9-14(11-15)29-13-5-7-16(8-6-13)32(4,26)27/h5-11,25H,1-4H3,(H,21,22,23,24). The molecule has 1 amide bonds. The van der Waals surface area contributed by atoms with E-state index in [-0.39, 0.29) is 33.1 Å². The molecule has 0 spiro atoms. The molecule has 2 N–H and O–H groups in total. The molecule has 0 unspecified atom stereocenters. The number of carbonyl (C=O) groups is 1. The van der Waals surface area contributed by atoms with E-state index < -0.39 is 21.5 Å². The quantitative estimate of drug-likeness (QED) is 0.467. The predicted octanol–water partition coefficient (Wildman–Crippen LogP) is 3.10. The Morgan fingerprint density at radius 2 is 1.75 bits per heavy atom. The number of amides is 1. The number of aromatic nitrogens is 2. The lowest BCUT2D eigenvalue weighted by atomic mass is 10.2. The van der Waals surface area contributed by atoms with Crippen molar-refractivity contribution in [2.75, 3.05) is 18.7 Å². The van der Waals surface area contributed by atoms with Crippen molar-refractivity contribution >= 4 is 32.4 Å². The summed E-state index contributed by atoms with van der Waals surface area (Å²) < 4.78 is 43.3. The van der Waals surface area contributed by atoms with E-state index in [0.717, 1.165) is 17.8 Å². The highest BCUT2D eigenvalue weighted by molar-refractivity contribution is 7.90. The molecule has 32 heavy (non-hydrogen) atoms. The van der Waals surface area contributed by atoms with Crippen LogP contribution in [0, 0.1) is 0 Å². The first-order valence-corrected chi connectivity index (χ1v) is 11.8. The van der Waals surface area contributed by atoms with Crippen molar-refractivity contribution in [3.8, 4) is 23.3 Å². The van der Waals surface area contributed by atoms with Gasteiger partial charge in [0.05, 0.1) is 12.0 Å². The molecule has 170 valence electrons. The molecule has 0 atom stereocenters. The maximum Gasteiger partial charge on any atom is 0.329 e. The average Bonchev–Trinajstić information content (AvgIpc) is 3.13. The summed E-state index contributed by atoms with van der Waals surface area (Å²) in [6.07, 6.45) is 1.11. The Morgan fingerprint density at radius 3 is 2.31 bits per heavy atom. The van der Waals surface area contributed by atoms with E-state index in [0.29, 0.717) is 5.75 Å². The summed E-state index contributed by atoms with van der Waals surface area (Å²) in [5.41, 5.74) is 0.170. The van der Waals surface area contributed by atoms with E-state index >= 15 is 0 Å². The minimum Gasteiger partial charge on any atom is -0.466 e. The smallest absolute Gasteiger partial charge is 0.329 e. The molecule has 0 saturated carbocycles. The van der Waals surface area contributed by atoms with E-state index in [1.165, 1.54) is 63.4 Å². The molecule has 12 heteroatoms. The summed E-state index contributed by atoms with van der Waals surface area (Å²) in [7, 11) is -1.93. The first-order chi connectivity index (χ1) is 14.9. The molecule has 0 bridgehead atoms. The van der Waals surface area contributed by atoms with Crippen molar-refractivity contribution in [2.24, 2.45) is 0 Å². The van der Waals surface area contributed by atoms with E-state index in [4.69, 9.17) is 14.2 Å². The Bertz CT molecular complexity index is 1220. The van der Waals surface area contributed by atoms with Gasteiger partial charge in [-0.15, -0.1) is 4.37 Å². The predicted molar refractivity (Wildman–Crippen MR) is 117 cm³/mol. The monoisotopic (exact) mass is 479 g/mol. The number of nitrogens with zero attached hydrogens (tertiary/aromatic N) is 2. The van der Waals surface area contributed by atoms with Crippen molar-refractivity contribution in [3.05, 3.63) is 48.0 Å². The lowest BCUT2D eigenvalue weighted by Gasteiger charge is -2.20. The third-order valence-electron chi connectivity index (χ3n) is 3.81.